The van der Waals surface area contributed by atoms with Gasteiger partial charge < -0.3 is 10.2 Å². The minimum atomic E-state index is 0.354. The van der Waals surface area contributed by atoms with E-state index in [1.807, 2.05) is 0 Å². The molecule has 0 aliphatic heterocycles. The summed E-state index contributed by atoms with van der Waals surface area (Å²) in [5.41, 5.74) is 0.354. The minimum Gasteiger partial charge on any atom is -0.312 e. The molecule has 2 heteroatoms. The maximum absolute atomic E-state index is 3.70. The topological polar surface area (TPSA) is 15.3 Å². The van der Waals surface area contributed by atoms with E-state index < -0.39 is 0 Å². The Hall–Kier alpha value is -0.0800. The lowest BCUT2D eigenvalue weighted by molar-refractivity contribution is 0.115. The third-order valence-electron chi connectivity index (χ3n) is 3.85. The predicted molar refractivity (Wildman–Crippen MR) is 71.8 cm³/mol. The van der Waals surface area contributed by atoms with E-state index in [2.05, 4.69) is 45.0 Å². The van der Waals surface area contributed by atoms with Crippen molar-refractivity contribution in [2.45, 2.75) is 65.5 Å². The molecule has 1 N–H and O–H groups in total. The van der Waals surface area contributed by atoms with Crippen LogP contribution in [0.2, 0.25) is 0 Å². The molecule has 1 aliphatic rings. The molecule has 1 unspecified atom stereocenters. The summed E-state index contributed by atoms with van der Waals surface area (Å²) in [4.78, 5) is 2.56. The highest BCUT2D eigenvalue weighted by atomic mass is 15.2. The zero-order chi connectivity index (χ0) is 12.2. The van der Waals surface area contributed by atoms with Crippen LogP contribution in [0.4, 0.5) is 0 Å². The predicted octanol–water partition coefficient (Wildman–Crippen LogP) is 2.89. The number of nitrogens with zero attached hydrogens (tertiary/aromatic N) is 1. The van der Waals surface area contributed by atoms with Crippen LogP contribution in [0.15, 0.2) is 0 Å². The molecule has 16 heavy (non-hydrogen) atoms. The summed E-state index contributed by atoms with van der Waals surface area (Å²) in [5, 5.41) is 3.70. The van der Waals surface area contributed by atoms with Crippen LogP contribution >= 0.6 is 0 Å². The Balaban J connectivity index is 2.41. The Kier molecular flexibility index (Phi) is 5.26. The van der Waals surface area contributed by atoms with Gasteiger partial charge in [0.05, 0.1) is 0 Å². The first-order valence-electron chi connectivity index (χ1n) is 6.88. The van der Waals surface area contributed by atoms with Crippen molar-refractivity contribution in [1.29, 1.82) is 0 Å². The molecule has 1 atom stereocenters. The average molecular weight is 226 g/mol. The number of likely N-dealkylation sites (N-methyl/N-ethyl adjacent to an activating group) is 1. The van der Waals surface area contributed by atoms with Gasteiger partial charge in [0.2, 0.25) is 0 Å². The van der Waals surface area contributed by atoms with E-state index in [1.165, 1.54) is 32.2 Å². The summed E-state index contributed by atoms with van der Waals surface area (Å²) in [6.07, 6.45) is 5.46. The Bertz CT molecular complexity index is 191. The summed E-state index contributed by atoms with van der Waals surface area (Å²) >= 11 is 0. The summed E-state index contributed by atoms with van der Waals surface area (Å²) in [6, 6.07) is 1.46. The SMILES string of the molecule is CCCNC(CN(C)C1CCC1)C(C)(C)C. The Labute approximate surface area is 102 Å². The summed E-state index contributed by atoms with van der Waals surface area (Å²) in [6.45, 7) is 11.6. The zero-order valence-corrected chi connectivity index (χ0v) is 11.8. The van der Waals surface area contributed by atoms with Crippen molar-refractivity contribution in [3.8, 4) is 0 Å². The summed E-state index contributed by atoms with van der Waals surface area (Å²) < 4.78 is 0. The van der Waals surface area contributed by atoms with Gasteiger partial charge in [-0.2, -0.15) is 0 Å². The largest absolute Gasteiger partial charge is 0.312 e. The molecule has 0 amide bonds. The van der Waals surface area contributed by atoms with Crippen molar-refractivity contribution in [2.75, 3.05) is 20.1 Å². The van der Waals surface area contributed by atoms with Gasteiger partial charge in [-0.3, -0.25) is 0 Å². The first-order valence-corrected chi connectivity index (χ1v) is 6.88. The molecule has 1 saturated carbocycles. The highest BCUT2D eigenvalue weighted by Crippen LogP contribution is 2.26. The zero-order valence-electron chi connectivity index (χ0n) is 11.8. The van der Waals surface area contributed by atoms with Crippen molar-refractivity contribution in [3.63, 3.8) is 0 Å². The van der Waals surface area contributed by atoms with Crippen molar-refractivity contribution >= 4 is 0 Å². The van der Waals surface area contributed by atoms with Crippen LogP contribution in [0.1, 0.15) is 53.4 Å². The second-order valence-electron chi connectivity index (χ2n) is 6.40. The van der Waals surface area contributed by atoms with Crippen LogP contribution in [-0.2, 0) is 0 Å². The normalized spacial score (nSPS) is 19.9. The average Bonchev–Trinajstić information content (AvgIpc) is 2.07. The van der Waals surface area contributed by atoms with Crippen LogP contribution in [0, 0.1) is 5.41 Å². The van der Waals surface area contributed by atoms with Gasteiger partial charge in [0.15, 0.2) is 0 Å². The molecule has 0 aromatic carbocycles. The molecular weight excluding hydrogens is 196 g/mol. The molecule has 2 nitrogen and oxygen atoms in total. The molecule has 0 bridgehead atoms. The highest BCUT2D eigenvalue weighted by Gasteiger charge is 2.29. The lowest BCUT2D eigenvalue weighted by atomic mass is 9.84. The van der Waals surface area contributed by atoms with Gasteiger partial charge >= 0.3 is 0 Å². The maximum atomic E-state index is 3.70. The van der Waals surface area contributed by atoms with Gasteiger partial charge in [-0.25, -0.2) is 0 Å². The Morgan fingerprint density at radius 2 is 1.94 bits per heavy atom. The molecular formula is C14H30N2. The maximum Gasteiger partial charge on any atom is 0.0243 e. The van der Waals surface area contributed by atoms with E-state index in [0.29, 0.717) is 11.5 Å². The van der Waals surface area contributed by atoms with E-state index in [-0.39, 0.29) is 0 Å². The van der Waals surface area contributed by atoms with Crippen molar-refractivity contribution in [3.05, 3.63) is 0 Å². The smallest absolute Gasteiger partial charge is 0.0243 e. The monoisotopic (exact) mass is 226 g/mol. The highest BCUT2D eigenvalue weighted by molar-refractivity contribution is 4.86. The number of hydrogen-bond donors (Lipinski definition) is 1. The Morgan fingerprint density at radius 3 is 2.31 bits per heavy atom. The van der Waals surface area contributed by atoms with Crippen molar-refractivity contribution in [2.24, 2.45) is 5.41 Å². The molecule has 1 rings (SSSR count). The van der Waals surface area contributed by atoms with Gasteiger partial charge in [0.25, 0.3) is 0 Å². The van der Waals surface area contributed by atoms with Crippen LogP contribution in [0.25, 0.3) is 0 Å². The van der Waals surface area contributed by atoms with E-state index in [1.54, 1.807) is 0 Å². The molecule has 1 aliphatic carbocycles. The van der Waals surface area contributed by atoms with Gasteiger partial charge in [-0.1, -0.05) is 34.1 Å². The fourth-order valence-corrected chi connectivity index (χ4v) is 2.23. The third kappa shape index (κ3) is 4.06. The second kappa shape index (κ2) is 6.02. The van der Waals surface area contributed by atoms with E-state index in [4.69, 9.17) is 0 Å². The standard InChI is InChI=1S/C14H30N2/c1-6-10-15-13(14(2,3)4)11-16(5)12-8-7-9-12/h12-13,15H,6-11H2,1-5H3. The number of hydrogen-bond acceptors (Lipinski definition) is 2. The van der Waals surface area contributed by atoms with E-state index in [0.717, 1.165) is 12.6 Å². The van der Waals surface area contributed by atoms with Crippen molar-refractivity contribution < 1.29 is 0 Å². The molecule has 0 aromatic heterocycles. The quantitative estimate of drug-likeness (QED) is 0.749. The van der Waals surface area contributed by atoms with Crippen molar-refractivity contribution in [1.82, 2.24) is 10.2 Å². The minimum absolute atomic E-state index is 0.354. The third-order valence-corrected chi connectivity index (χ3v) is 3.85. The first kappa shape index (κ1) is 14.0. The van der Waals surface area contributed by atoms with E-state index >= 15 is 0 Å². The van der Waals surface area contributed by atoms with Crippen LogP contribution in [0.5, 0.6) is 0 Å². The van der Waals surface area contributed by atoms with Crippen LogP contribution in [-0.4, -0.2) is 37.1 Å². The van der Waals surface area contributed by atoms with E-state index in [9.17, 15) is 0 Å². The second-order valence-corrected chi connectivity index (χ2v) is 6.40. The fourth-order valence-electron chi connectivity index (χ4n) is 2.23. The number of rotatable bonds is 6. The molecule has 0 spiro atoms. The lowest BCUT2D eigenvalue weighted by Crippen LogP contribution is -2.51. The lowest BCUT2D eigenvalue weighted by Gasteiger charge is -2.40. The number of nitrogens with one attached hydrogen (secondary N) is 1. The molecule has 1 fully saturated rings. The van der Waals surface area contributed by atoms with Crippen LogP contribution in [0.3, 0.4) is 0 Å². The van der Waals surface area contributed by atoms with Crippen LogP contribution < -0.4 is 5.32 Å². The molecule has 96 valence electrons. The van der Waals surface area contributed by atoms with Gasteiger partial charge in [0.1, 0.15) is 0 Å². The van der Waals surface area contributed by atoms with Gasteiger partial charge in [-0.05, 0) is 38.3 Å². The fraction of sp³-hybridized carbons (Fsp3) is 1.00. The molecule has 0 aromatic rings. The Morgan fingerprint density at radius 1 is 1.31 bits per heavy atom. The molecule has 0 saturated heterocycles. The van der Waals surface area contributed by atoms with Gasteiger partial charge in [-0.15, -0.1) is 0 Å². The first-order chi connectivity index (χ1) is 7.45. The van der Waals surface area contributed by atoms with Gasteiger partial charge in [0, 0.05) is 18.6 Å². The summed E-state index contributed by atoms with van der Waals surface area (Å²) in [5.74, 6) is 0. The molecule has 0 heterocycles. The molecule has 0 radical (unpaired) electrons. The summed E-state index contributed by atoms with van der Waals surface area (Å²) in [7, 11) is 2.29.